The lowest BCUT2D eigenvalue weighted by atomic mass is 10.2. The fourth-order valence-electron chi connectivity index (χ4n) is 1.42. The van der Waals surface area contributed by atoms with Crippen molar-refractivity contribution in [1.82, 2.24) is 4.98 Å². The molecule has 0 saturated carbocycles. The summed E-state index contributed by atoms with van der Waals surface area (Å²) in [5.74, 6) is -0.690. The van der Waals surface area contributed by atoms with Crippen LogP contribution in [0.1, 0.15) is 10.4 Å². The van der Waals surface area contributed by atoms with Gasteiger partial charge in [-0.25, -0.2) is 9.78 Å². The molecule has 0 atom stereocenters. The zero-order valence-electron chi connectivity index (χ0n) is 9.32. The molecular formula is C12H7Br2ClN2O2. The lowest BCUT2D eigenvalue weighted by Gasteiger charge is -2.09. The summed E-state index contributed by atoms with van der Waals surface area (Å²) in [6.45, 7) is 0. The van der Waals surface area contributed by atoms with E-state index in [2.05, 4.69) is 42.2 Å². The second kappa shape index (κ2) is 5.90. The third-order valence-electron chi connectivity index (χ3n) is 2.23. The van der Waals surface area contributed by atoms with Crippen LogP contribution in [0.15, 0.2) is 39.3 Å². The summed E-state index contributed by atoms with van der Waals surface area (Å²) < 4.78 is 1.72. The van der Waals surface area contributed by atoms with E-state index in [0.29, 0.717) is 5.82 Å². The number of carbonyl (C=O) groups is 1. The number of nitrogens with zero attached hydrogens (tertiary/aromatic N) is 1. The first-order chi connectivity index (χ1) is 8.95. The Morgan fingerprint density at radius 2 is 2.00 bits per heavy atom. The molecule has 98 valence electrons. The van der Waals surface area contributed by atoms with Crippen LogP contribution < -0.4 is 5.32 Å². The fourth-order valence-corrected chi connectivity index (χ4v) is 2.33. The van der Waals surface area contributed by atoms with Gasteiger partial charge in [-0.1, -0.05) is 27.5 Å². The van der Waals surface area contributed by atoms with Crippen LogP contribution in [0, 0.1) is 0 Å². The minimum Gasteiger partial charge on any atom is -0.478 e. The quantitative estimate of drug-likeness (QED) is 0.726. The molecule has 2 aromatic rings. The van der Waals surface area contributed by atoms with Crippen LogP contribution in [-0.4, -0.2) is 16.1 Å². The van der Waals surface area contributed by atoms with Crippen molar-refractivity contribution in [2.75, 3.05) is 5.32 Å². The number of carboxylic acids is 1. The maximum Gasteiger partial charge on any atom is 0.335 e. The lowest BCUT2D eigenvalue weighted by Crippen LogP contribution is -2.01. The van der Waals surface area contributed by atoms with Gasteiger partial charge in [0.1, 0.15) is 11.0 Å². The van der Waals surface area contributed by atoms with E-state index < -0.39 is 5.97 Å². The first-order valence-corrected chi connectivity index (χ1v) is 7.05. The molecule has 0 bridgehead atoms. The Bertz CT molecular complexity index is 650. The number of aromatic nitrogens is 1. The van der Waals surface area contributed by atoms with E-state index >= 15 is 0 Å². The van der Waals surface area contributed by atoms with Gasteiger partial charge in [-0.05, 0) is 46.3 Å². The van der Waals surface area contributed by atoms with Crippen molar-refractivity contribution >= 4 is 60.9 Å². The monoisotopic (exact) mass is 404 g/mol. The van der Waals surface area contributed by atoms with Gasteiger partial charge >= 0.3 is 5.97 Å². The number of anilines is 2. The molecule has 0 aliphatic heterocycles. The van der Waals surface area contributed by atoms with E-state index in [-0.39, 0.29) is 10.7 Å². The van der Waals surface area contributed by atoms with Gasteiger partial charge in [-0.2, -0.15) is 0 Å². The van der Waals surface area contributed by atoms with Gasteiger partial charge < -0.3 is 10.4 Å². The Hall–Kier alpha value is -1.11. The topological polar surface area (TPSA) is 62.2 Å². The fraction of sp³-hybridized carbons (Fsp3) is 0. The SMILES string of the molecule is O=C(O)c1cc(Cl)nc(Nc2cc(Br)ccc2Br)c1. The van der Waals surface area contributed by atoms with Gasteiger partial charge in [0.05, 0.1) is 11.3 Å². The standard InChI is InChI=1S/C12H7Br2ClN2O2/c13-7-1-2-8(14)9(5-7)16-11-4-6(12(18)19)3-10(15)17-11/h1-5H,(H,16,17)(H,18,19). The normalized spacial score (nSPS) is 10.3. The van der Waals surface area contributed by atoms with Gasteiger partial charge in [0, 0.05) is 8.95 Å². The molecule has 0 radical (unpaired) electrons. The maximum absolute atomic E-state index is 10.9. The number of benzene rings is 1. The molecular weight excluding hydrogens is 399 g/mol. The molecule has 19 heavy (non-hydrogen) atoms. The molecule has 7 heteroatoms. The predicted octanol–water partition coefficient (Wildman–Crippen LogP) is 4.70. The second-order valence-electron chi connectivity index (χ2n) is 3.62. The summed E-state index contributed by atoms with van der Waals surface area (Å²) in [7, 11) is 0. The summed E-state index contributed by atoms with van der Waals surface area (Å²) in [4.78, 5) is 15.0. The molecule has 0 aliphatic carbocycles. The van der Waals surface area contributed by atoms with Gasteiger partial charge in [-0.15, -0.1) is 0 Å². The molecule has 0 spiro atoms. The molecule has 1 aromatic carbocycles. The van der Waals surface area contributed by atoms with Gasteiger partial charge in [0.2, 0.25) is 0 Å². The first kappa shape index (κ1) is 14.3. The van der Waals surface area contributed by atoms with Gasteiger partial charge in [0.15, 0.2) is 0 Å². The average Bonchev–Trinajstić information content (AvgIpc) is 2.33. The Morgan fingerprint density at radius 3 is 2.68 bits per heavy atom. The highest BCUT2D eigenvalue weighted by Gasteiger charge is 2.09. The van der Waals surface area contributed by atoms with Crippen molar-refractivity contribution in [2.45, 2.75) is 0 Å². The summed E-state index contributed by atoms with van der Waals surface area (Å²) in [5, 5.41) is 12.1. The zero-order valence-corrected chi connectivity index (χ0v) is 13.3. The summed E-state index contributed by atoms with van der Waals surface area (Å²) in [5.41, 5.74) is 0.828. The number of pyridine rings is 1. The molecule has 0 saturated heterocycles. The molecule has 0 aliphatic rings. The lowest BCUT2D eigenvalue weighted by molar-refractivity contribution is 0.0697. The third kappa shape index (κ3) is 3.68. The summed E-state index contributed by atoms with van der Waals surface area (Å²) in [6, 6.07) is 8.29. The van der Waals surface area contributed by atoms with Crippen molar-refractivity contribution < 1.29 is 9.90 Å². The second-order valence-corrected chi connectivity index (χ2v) is 5.78. The summed E-state index contributed by atoms with van der Waals surface area (Å²) in [6.07, 6.45) is 0. The molecule has 1 heterocycles. The van der Waals surface area contributed by atoms with Crippen LogP contribution in [0.4, 0.5) is 11.5 Å². The number of hydrogen-bond acceptors (Lipinski definition) is 3. The van der Waals surface area contributed by atoms with Crippen LogP contribution in [0.5, 0.6) is 0 Å². The van der Waals surface area contributed by atoms with Crippen molar-refractivity contribution in [1.29, 1.82) is 0 Å². The third-order valence-corrected chi connectivity index (χ3v) is 3.61. The predicted molar refractivity (Wildman–Crippen MR) is 81.3 cm³/mol. The van der Waals surface area contributed by atoms with E-state index in [1.807, 2.05) is 18.2 Å². The molecule has 2 rings (SSSR count). The van der Waals surface area contributed by atoms with Crippen LogP contribution in [0.3, 0.4) is 0 Å². The van der Waals surface area contributed by atoms with E-state index in [9.17, 15) is 4.79 Å². The first-order valence-electron chi connectivity index (χ1n) is 5.08. The number of halogens is 3. The van der Waals surface area contributed by atoms with E-state index in [1.165, 1.54) is 12.1 Å². The maximum atomic E-state index is 10.9. The average molecular weight is 406 g/mol. The number of aromatic carboxylic acids is 1. The van der Waals surface area contributed by atoms with Crippen LogP contribution in [-0.2, 0) is 0 Å². The Kier molecular flexibility index (Phi) is 4.44. The molecule has 0 fully saturated rings. The minimum atomic E-state index is -1.05. The van der Waals surface area contributed by atoms with Gasteiger partial charge in [0.25, 0.3) is 0 Å². The Morgan fingerprint density at radius 1 is 1.26 bits per heavy atom. The highest BCUT2D eigenvalue weighted by molar-refractivity contribution is 9.11. The van der Waals surface area contributed by atoms with E-state index in [0.717, 1.165) is 14.6 Å². The van der Waals surface area contributed by atoms with Gasteiger partial charge in [-0.3, -0.25) is 0 Å². The minimum absolute atomic E-state index is 0.0774. The number of nitrogens with one attached hydrogen (secondary N) is 1. The van der Waals surface area contributed by atoms with Crippen molar-refractivity contribution in [3.05, 3.63) is 50.0 Å². The van der Waals surface area contributed by atoms with Crippen LogP contribution in [0.25, 0.3) is 0 Å². The molecule has 2 N–H and O–H groups in total. The van der Waals surface area contributed by atoms with Crippen molar-refractivity contribution in [3.8, 4) is 0 Å². The van der Waals surface area contributed by atoms with Crippen LogP contribution in [0.2, 0.25) is 5.15 Å². The molecule has 4 nitrogen and oxygen atoms in total. The van der Waals surface area contributed by atoms with Crippen molar-refractivity contribution in [3.63, 3.8) is 0 Å². The van der Waals surface area contributed by atoms with E-state index in [4.69, 9.17) is 16.7 Å². The highest BCUT2D eigenvalue weighted by Crippen LogP contribution is 2.29. The molecule has 0 unspecified atom stereocenters. The molecule has 1 aromatic heterocycles. The zero-order chi connectivity index (χ0) is 14.0. The number of hydrogen-bond donors (Lipinski definition) is 2. The van der Waals surface area contributed by atoms with Crippen LogP contribution >= 0.6 is 43.5 Å². The molecule has 0 amide bonds. The summed E-state index contributed by atoms with van der Waals surface area (Å²) >= 11 is 12.5. The smallest absolute Gasteiger partial charge is 0.335 e. The van der Waals surface area contributed by atoms with Crippen molar-refractivity contribution in [2.24, 2.45) is 0 Å². The Balaban J connectivity index is 2.38. The Labute approximate surface area is 131 Å². The highest BCUT2D eigenvalue weighted by atomic mass is 79.9. The van der Waals surface area contributed by atoms with E-state index in [1.54, 1.807) is 0 Å². The number of carboxylic acid groups (broad SMARTS) is 1. The largest absolute Gasteiger partial charge is 0.478 e. The number of rotatable bonds is 3.